The predicted molar refractivity (Wildman–Crippen MR) is 87.7 cm³/mol. The average Bonchev–Trinajstić information content (AvgIpc) is 2.56. The molecule has 0 spiro atoms. The first-order valence-electron chi connectivity index (χ1n) is 7.29. The molecule has 1 aliphatic rings. The number of likely N-dealkylation sites (N-methyl/N-ethyl adjacent to an activating group) is 1. The number of hydrogen-bond donors (Lipinski definition) is 0. The third kappa shape index (κ3) is 3.71. The van der Waals surface area contributed by atoms with Gasteiger partial charge in [-0.3, -0.25) is 14.8 Å². The van der Waals surface area contributed by atoms with E-state index in [-0.39, 0.29) is 12.5 Å². The second-order valence-corrected chi connectivity index (χ2v) is 5.77. The van der Waals surface area contributed by atoms with Crippen molar-refractivity contribution in [3.63, 3.8) is 0 Å². The van der Waals surface area contributed by atoms with E-state index in [0.717, 1.165) is 17.1 Å². The number of amides is 1. The third-order valence-corrected chi connectivity index (χ3v) is 3.88. The molecule has 7 heteroatoms. The Labute approximate surface area is 139 Å². The molecular weight excluding hydrogens is 316 g/mol. The molecule has 0 saturated carbocycles. The maximum atomic E-state index is 12.5. The molecule has 0 bridgehead atoms. The van der Waals surface area contributed by atoms with Gasteiger partial charge >= 0.3 is 0 Å². The molecule has 3 rings (SSSR count). The first kappa shape index (κ1) is 15.6. The number of anilines is 1. The van der Waals surface area contributed by atoms with E-state index in [1.54, 1.807) is 36.6 Å². The number of carbonyl (C=O) groups is 1. The Morgan fingerprint density at radius 1 is 1.43 bits per heavy atom. The fraction of sp³-hybridized carbons (Fsp3) is 0.312. The molecule has 1 amide bonds. The fourth-order valence-corrected chi connectivity index (χ4v) is 2.60. The Kier molecular flexibility index (Phi) is 4.62. The van der Waals surface area contributed by atoms with Crippen molar-refractivity contribution >= 4 is 23.2 Å². The van der Waals surface area contributed by atoms with Gasteiger partial charge in [-0.25, -0.2) is 0 Å². The summed E-state index contributed by atoms with van der Waals surface area (Å²) in [5.41, 5.74) is 1.61. The molecule has 0 fully saturated rings. The van der Waals surface area contributed by atoms with Crippen LogP contribution in [0.3, 0.4) is 0 Å². The van der Waals surface area contributed by atoms with Crippen molar-refractivity contribution in [1.29, 1.82) is 0 Å². The van der Waals surface area contributed by atoms with Crippen molar-refractivity contribution in [3.05, 3.63) is 47.5 Å². The topological polar surface area (TPSA) is 58.6 Å². The second-order valence-electron chi connectivity index (χ2n) is 5.33. The van der Waals surface area contributed by atoms with Crippen LogP contribution in [0.4, 0.5) is 5.69 Å². The lowest BCUT2D eigenvalue weighted by Crippen LogP contribution is -2.41. The van der Waals surface area contributed by atoms with Crippen LogP contribution in [0.1, 0.15) is 5.69 Å². The van der Waals surface area contributed by atoms with Gasteiger partial charge in [-0.15, -0.1) is 0 Å². The summed E-state index contributed by atoms with van der Waals surface area (Å²) < 4.78 is 5.60. The van der Waals surface area contributed by atoms with Crippen LogP contribution in [0.2, 0.25) is 5.02 Å². The maximum Gasteiger partial charge on any atom is 0.242 e. The summed E-state index contributed by atoms with van der Waals surface area (Å²) in [7, 11) is 1.76. The highest BCUT2D eigenvalue weighted by Crippen LogP contribution is 2.33. The quantitative estimate of drug-likeness (QED) is 0.857. The van der Waals surface area contributed by atoms with Gasteiger partial charge in [0.05, 0.1) is 37.2 Å². The van der Waals surface area contributed by atoms with Crippen molar-refractivity contribution in [2.24, 2.45) is 0 Å². The normalized spacial score (nSPS) is 13.2. The number of hydrogen-bond acceptors (Lipinski definition) is 5. The lowest BCUT2D eigenvalue weighted by molar-refractivity contribution is -0.129. The van der Waals surface area contributed by atoms with Crippen LogP contribution in [-0.2, 0) is 11.3 Å². The number of halogens is 1. The van der Waals surface area contributed by atoms with E-state index >= 15 is 0 Å². The van der Waals surface area contributed by atoms with Gasteiger partial charge in [-0.2, -0.15) is 0 Å². The highest BCUT2D eigenvalue weighted by Gasteiger charge is 2.22. The molecule has 2 heterocycles. The molecule has 23 heavy (non-hydrogen) atoms. The smallest absolute Gasteiger partial charge is 0.242 e. The Morgan fingerprint density at radius 3 is 3.09 bits per heavy atom. The van der Waals surface area contributed by atoms with Crippen LogP contribution in [0.25, 0.3) is 0 Å². The van der Waals surface area contributed by atoms with Crippen molar-refractivity contribution in [1.82, 2.24) is 14.9 Å². The highest BCUT2D eigenvalue weighted by molar-refractivity contribution is 6.31. The van der Waals surface area contributed by atoms with E-state index in [9.17, 15) is 4.79 Å². The molecule has 6 nitrogen and oxygen atoms in total. The first-order chi connectivity index (χ1) is 11.1. The molecule has 120 valence electrons. The number of benzene rings is 1. The van der Waals surface area contributed by atoms with E-state index in [4.69, 9.17) is 16.3 Å². The number of aromatic nitrogens is 2. The molecule has 2 aromatic rings. The maximum absolute atomic E-state index is 12.5. The van der Waals surface area contributed by atoms with Crippen molar-refractivity contribution < 1.29 is 9.53 Å². The zero-order valence-electron chi connectivity index (χ0n) is 12.8. The zero-order chi connectivity index (χ0) is 16.2. The molecule has 0 saturated heterocycles. The predicted octanol–water partition coefficient (Wildman–Crippen LogP) is 1.99. The van der Waals surface area contributed by atoms with Gasteiger partial charge in [0.25, 0.3) is 0 Å². The van der Waals surface area contributed by atoms with Crippen LogP contribution in [0.5, 0.6) is 5.75 Å². The summed E-state index contributed by atoms with van der Waals surface area (Å²) in [6.45, 7) is 1.90. The number of rotatable bonds is 4. The van der Waals surface area contributed by atoms with Gasteiger partial charge in [0.1, 0.15) is 12.4 Å². The van der Waals surface area contributed by atoms with Gasteiger partial charge in [0, 0.05) is 24.5 Å². The molecule has 0 unspecified atom stereocenters. The summed E-state index contributed by atoms with van der Waals surface area (Å²) in [6, 6.07) is 5.44. The number of fused-ring (bicyclic) bond motifs is 1. The van der Waals surface area contributed by atoms with E-state index in [1.807, 2.05) is 17.0 Å². The van der Waals surface area contributed by atoms with E-state index < -0.39 is 0 Å². The zero-order valence-corrected chi connectivity index (χ0v) is 13.5. The Balaban J connectivity index is 1.68. The number of carbonyl (C=O) groups excluding carboxylic acids is 1. The molecule has 0 atom stereocenters. The van der Waals surface area contributed by atoms with Crippen molar-refractivity contribution in [2.75, 3.05) is 31.6 Å². The van der Waals surface area contributed by atoms with Crippen LogP contribution in [0.15, 0.2) is 36.8 Å². The standard InChI is InChI=1S/C16H17ClN4O2/c1-20(10-13-9-18-4-5-19-13)16(22)11-21-6-7-23-15-3-2-12(17)8-14(15)21/h2-5,8-9H,6-7,10-11H2,1H3. The molecule has 1 aromatic heterocycles. The molecule has 1 aromatic carbocycles. The van der Waals surface area contributed by atoms with Gasteiger partial charge in [-0.05, 0) is 18.2 Å². The molecule has 1 aliphatic heterocycles. The minimum Gasteiger partial charge on any atom is -0.490 e. The Hall–Kier alpha value is -2.34. The van der Waals surface area contributed by atoms with Crippen LogP contribution < -0.4 is 9.64 Å². The van der Waals surface area contributed by atoms with Gasteiger partial charge in [0.15, 0.2) is 0 Å². The molecule has 0 aliphatic carbocycles. The lowest BCUT2D eigenvalue weighted by atomic mass is 10.2. The fourth-order valence-electron chi connectivity index (χ4n) is 2.44. The van der Waals surface area contributed by atoms with E-state index in [0.29, 0.717) is 24.7 Å². The highest BCUT2D eigenvalue weighted by atomic mass is 35.5. The Morgan fingerprint density at radius 2 is 2.30 bits per heavy atom. The minimum absolute atomic E-state index is 0.00322. The van der Waals surface area contributed by atoms with E-state index in [2.05, 4.69) is 9.97 Å². The van der Waals surface area contributed by atoms with Gasteiger partial charge in [0.2, 0.25) is 5.91 Å². The summed E-state index contributed by atoms with van der Waals surface area (Å²) in [4.78, 5) is 24.3. The van der Waals surface area contributed by atoms with Crippen LogP contribution >= 0.6 is 11.6 Å². The second kappa shape index (κ2) is 6.83. The average molecular weight is 333 g/mol. The summed E-state index contributed by atoms with van der Waals surface area (Å²) in [5, 5.41) is 0.625. The largest absolute Gasteiger partial charge is 0.490 e. The summed E-state index contributed by atoms with van der Waals surface area (Å²) >= 11 is 6.06. The lowest BCUT2D eigenvalue weighted by Gasteiger charge is -2.32. The minimum atomic E-state index is 0.00322. The van der Waals surface area contributed by atoms with Crippen LogP contribution in [-0.4, -0.2) is 47.5 Å². The van der Waals surface area contributed by atoms with Gasteiger partial charge < -0.3 is 14.5 Å². The van der Waals surface area contributed by atoms with Gasteiger partial charge in [-0.1, -0.05) is 11.6 Å². The number of ether oxygens (including phenoxy) is 1. The SMILES string of the molecule is CN(Cc1cnccn1)C(=O)CN1CCOc2ccc(Cl)cc21. The third-order valence-electron chi connectivity index (χ3n) is 3.65. The molecular formula is C16H17ClN4O2. The summed E-state index contributed by atoms with van der Waals surface area (Å²) in [5.74, 6) is 0.758. The van der Waals surface area contributed by atoms with E-state index in [1.165, 1.54) is 0 Å². The first-order valence-corrected chi connectivity index (χ1v) is 7.67. The van der Waals surface area contributed by atoms with Crippen molar-refractivity contribution in [3.8, 4) is 5.75 Å². The molecule has 0 N–H and O–H groups in total. The monoisotopic (exact) mass is 332 g/mol. The Bertz CT molecular complexity index is 696. The van der Waals surface area contributed by atoms with Crippen molar-refractivity contribution in [2.45, 2.75) is 6.54 Å². The van der Waals surface area contributed by atoms with Crippen LogP contribution in [0, 0.1) is 0 Å². The number of nitrogens with zero attached hydrogens (tertiary/aromatic N) is 4. The summed E-state index contributed by atoms with van der Waals surface area (Å²) in [6.07, 6.45) is 4.89. The molecule has 0 radical (unpaired) electrons.